The molecule has 1 saturated carbocycles. The highest BCUT2D eigenvalue weighted by atomic mass is 32.2. The first kappa shape index (κ1) is 21.9. The maximum atomic E-state index is 14.4. The number of nitrogens with one attached hydrogen (secondary N) is 1. The lowest BCUT2D eigenvalue weighted by Gasteiger charge is -2.17. The summed E-state index contributed by atoms with van der Waals surface area (Å²) in [6.45, 7) is 2.12. The van der Waals surface area contributed by atoms with Crippen LogP contribution in [0.5, 0.6) is 17.2 Å². The summed E-state index contributed by atoms with van der Waals surface area (Å²) in [7, 11) is -3.87. The van der Waals surface area contributed by atoms with Crippen molar-refractivity contribution in [2.45, 2.75) is 38.7 Å². The SMILES string of the molecule is Cc1cc(C(=O)NS(C)(=O)=O)c(F)cc1Oc1cnc(C2CC2)c(OC(C)(F)F)c1. The van der Waals surface area contributed by atoms with Crippen molar-refractivity contribution in [3.63, 3.8) is 0 Å². The van der Waals surface area contributed by atoms with Crippen LogP contribution in [0.25, 0.3) is 0 Å². The Morgan fingerprint density at radius 2 is 1.90 bits per heavy atom. The highest BCUT2D eigenvalue weighted by Crippen LogP contribution is 2.45. The van der Waals surface area contributed by atoms with Gasteiger partial charge in [-0.1, -0.05) is 0 Å². The lowest BCUT2D eigenvalue weighted by Crippen LogP contribution is -2.30. The van der Waals surface area contributed by atoms with Gasteiger partial charge in [0, 0.05) is 25.0 Å². The van der Waals surface area contributed by atoms with Gasteiger partial charge in [-0.3, -0.25) is 9.78 Å². The van der Waals surface area contributed by atoms with Crippen LogP contribution in [0.1, 0.15) is 47.3 Å². The molecule has 0 radical (unpaired) electrons. The lowest BCUT2D eigenvalue weighted by molar-refractivity contribution is -0.159. The van der Waals surface area contributed by atoms with Crippen LogP contribution in [-0.2, 0) is 10.0 Å². The van der Waals surface area contributed by atoms with E-state index < -0.39 is 33.4 Å². The second kappa shape index (κ2) is 7.78. The van der Waals surface area contributed by atoms with E-state index in [2.05, 4.69) is 4.98 Å². The molecule has 0 unspecified atom stereocenters. The zero-order valence-electron chi connectivity index (χ0n) is 16.3. The van der Waals surface area contributed by atoms with E-state index in [1.54, 1.807) is 4.72 Å². The first-order chi connectivity index (χ1) is 13.8. The number of hydrogen-bond acceptors (Lipinski definition) is 6. The Hall–Kier alpha value is -2.82. The molecule has 1 heterocycles. The molecule has 30 heavy (non-hydrogen) atoms. The van der Waals surface area contributed by atoms with Crippen molar-refractivity contribution in [2.75, 3.05) is 6.26 Å². The summed E-state index contributed by atoms with van der Waals surface area (Å²) >= 11 is 0. The maximum Gasteiger partial charge on any atom is 0.394 e. The minimum atomic E-state index is -3.87. The summed E-state index contributed by atoms with van der Waals surface area (Å²) in [5, 5.41) is 0. The number of rotatable bonds is 7. The predicted octanol–water partition coefficient (Wildman–Crippen LogP) is 3.88. The first-order valence-electron chi connectivity index (χ1n) is 8.89. The van der Waals surface area contributed by atoms with Crippen LogP contribution in [-0.4, -0.2) is 31.7 Å². The second-order valence-corrected chi connectivity index (χ2v) is 8.89. The molecule has 0 aliphatic heterocycles. The van der Waals surface area contributed by atoms with E-state index in [9.17, 15) is 26.4 Å². The average molecular weight is 444 g/mol. The normalized spacial score (nSPS) is 14.3. The van der Waals surface area contributed by atoms with Crippen LogP contribution >= 0.6 is 0 Å². The van der Waals surface area contributed by atoms with Gasteiger partial charge in [0.2, 0.25) is 10.0 Å². The fraction of sp³-hybridized carbons (Fsp3) is 0.368. The maximum absolute atomic E-state index is 14.4. The van der Waals surface area contributed by atoms with Crippen LogP contribution in [0.15, 0.2) is 24.4 Å². The van der Waals surface area contributed by atoms with Crippen LogP contribution in [0.4, 0.5) is 13.2 Å². The molecular weight excluding hydrogens is 425 g/mol. The van der Waals surface area contributed by atoms with E-state index in [1.807, 2.05) is 0 Å². The summed E-state index contributed by atoms with van der Waals surface area (Å²) in [4.78, 5) is 16.1. The second-order valence-electron chi connectivity index (χ2n) is 7.14. The molecule has 1 aliphatic rings. The molecule has 1 aromatic heterocycles. The molecule has 1 aliphatic carbocycles. The summed E-state index contributed by atoms with van der Waals surface area (Å²) < 4.78 is 75.4. The third-order valence-corrected chi connectivity index (χ3v) is 4.68. The number of sulfonamides is 1. The molecule has 2 aromatic rings. The number of nitrogens with zero attached hydrogens (tertiary/aromatic N) is 1. The number of alkyl halides is 2. The Bertz CT molecular complexity index is 1100. The third kappa shape index (κ3) is 5.62. The molecular formula is C19H19F3N2O5S. The summed E-state index contributed by atoms with van der Waals surface area (Å²) in [6, 6.07) is 3.27. The topological polar surface area (TPSA) is 94.6 Å². The molecule has 1 amide bonds. The zero-order valence-corrected chi connectivity index (χ0v) is 17.1. The van der Waals surface area contributed by atoms with E-state index in [0.29, 0.717) is 18.2 Å². The fourth-order valence-electron chi connectivity index (χ4n) is 2.73. The van der Waals surface area contributed by atoms with Gasteiger partial charge < -0.3 is 9.47 Å². The molecule has 3 rings (SSSR count). The smallest absolute Gasteiger partial charge is 0.394 e. The van der Waals surface area contributed by atoms with Gasteiger partial charge in [0.05, 0.1) is 23.7 Å². The van der Waals surface area contributed by atoms with Crippen LogP contribution in [0, 0.1) is 12.7 Å². The van der Waals surface area contributed by atoms with Gasteiger partial charge in [-0.25, -0.2) is 17.5 Å². The molecule has 11 heteroatoms. The molecule has 0 spiro atoms. The van der Waals surface area contributed by atoms with E-state index in [1.165, 1.54) is 19.2 Å². The number of aryl methyl sites for hydroxylation is 1. The number of ether oxygens (including phenoxy) is 2. The van der Waals surface area contributed by atoms with Gasteiger partial charge in [-0.2, -0.15) is 8.78 Å². The summed E-state index contributed by atoms with van der Waals surface area (Å²) in [5.74, 6) is -2.18. The van der Waals surface area contributed by atoms with Crippen LogP contribution < -0.4 is 14.2 Å². The van der Waals surface area contributed by atoms with Crippen molar-refractivity contribution in [3.05, 3.63) is 47.0 Å². The monoisotopic (exact) mass is 444 g/mol. The summed E-state index contributed by atoms with van der Waals surface area (Å²) in [6.07, 6.45) is 0.307. The van der Waals surface area contributed by atoms with Crippen molar-refractivity contribution in [3.8, 4) is 17.2 Å². The molecule has 0 bridgehead atoms. The van der Waals surface area contributed by atoms with E-state index in [0.717, 1.165) is 31.2 Å². The number of pyridine rings is 1. The predicted molar refractivity (Wildman–Crippen MR) is 101 cm³/mol. The number of benzene rings is 1. The van der Waals surface area contributed by atoms with E-state index in [-0.39, 0.29) is 23.2 Å². The minimum Gasteiger partial charge on any atom is -0.455 e. The Kier molecular flexibility index (Phi) is 5.68. The van der Waals surface area contributed by atoms with Crippen molar-refractivity contribution in [2.24, 2.45) is 0 Å². The van der Waals surface area contributed by atoms with Crippen molar-refractivity contribution >= 4 is 15.9 Å². The van der Waals surface area contributed by atoms with Gasteiger partial charge in [0.15, 0.2) is 5.75 Å². The van der Waals surface area contributed by atoms with Gasteiger partial charge in [-0.15, -0.1) is 0 Å². The Balaban J connectivity index is 1.88. The Morgan fingerprint density at radius 1 is 1.23 bits per heavy atom. The van der Waals surface area contributed by atoms with E-state index in [4.69, 9.17) is 9.47 Å². The molecule has 1 aromatic carbocycles. The standard InChI is InChI=1S/C19H19F3N2O5S/c1-10-6-13(18(25)24-30(3,26)27)14(20)8-15(10)28-12-7-16(29-19(2,21)22)17(23-9-12)11-4-5-11/h6-9,11H,4-5H2,1-3H3,(H,24,25). The quantitative estimate of drug-likeness (QED) is 0.697. The number of hydrogen-bond donors (Lipinski definition) is 1. The third-order valence-electron chi connectivity index (χ3n) is 4.13. The van der Waals surface area contributed by atoms with Gasteiger partial charge in [0.1, 0.15) is 17.3 Å². The van der Waals surface area contributed by atoms with Gasteiger partial charge in [0.25, 0.3) is 5.91 Å². The van der Waals surface area contributed by atoms with Crippen LogP contribution in [0.2, 0.25) is 0 Å². The highest BCUT2D eigenvalue weighted by molar-refractivity contribution is 7.89. The average Bonchev–Trinajstić information content (AvgIpc) is 3.40. The number of carbonyl (C=O) groups is 1. The Morgan fingerprint density at radius 3 is 2.47 bits per heavy atom. The summed E-state index contributed by atoms with van der Waals surface area (Å²) in [5.41, 5.74) is 0.228. The van der Waals surface area contributed by atoms with Crippen LogP contribution in [0.3, 0.4) is 0 Å². The number of amides is 1. The number of halogens is 3. The largest absolute Gasteiger partial charge is 0.455 e. The number of carbonyl (C=O) groups excluding carboxylic acids is 1. The fourth-order valence-corrected chi connectivity index (χ4v) is 3.18. The minimum absolute atomic E-state index is 0.00131. The van der Waals surface area contributed by atoms with Crippen molar-refractivity contribution in [1.82, 2.24) is 9.71 Å². The van der Waals surface area contributed by atoms with Crippen molar-refractivity contribution < 1.29 is 35.9 Å². The molecule has 0 atom stereocenters. The molecule has 7 nitrogen and oxygen atoms in total. The lowest BCUT2D eigenvalue weighted by atomic mass is 10.1. The highest BCUT2D eigenvalue weighted by Gasteiger charge is 2.32. The molecule has 162 valence electrons. The molecule has 0 saturated heterocycles. The first-order valence-corrected chi connectivity index (χ1v) is 10.8. The van der Waals surface area contributed by atoms with Gasteiger partial charge in [-0.05, 0) is 31.4 Å². The Labute approximate surface area is 171 Å². The molecule has 1 fully saturated rings. The van der Waals surface area contributed by atoms with Crippen molar-refractivity contribution in [1.29, 1.82) is 0 Å². The molecule has 1 N–H and O–H groups in total. The zero-order chi connectivity index (χ0) is 22.3. The van der Waals surface area contributed by atoms with Gasteiger partial charge >= 0.3 is 6.11 Å². The van der Waals surface area contributed by atoms with E-state index >= 15 is 0 Å². The number of aromatic nitrogens is 1.